The van der Waals surface area contributed by atoms with Crippen LogP contribution in [0.2, 0.25) is 0 Å². The average molecular weight is 349 g/mol. The van der Waals surface area contributed by atoms with Crippen molar-refractivity contribution >= 4 is 35.7 Å². The minimum atomic E-state index is -3.89. The molecule has 1 aromatic heterocycles. The number of ether oxygens (including phenoxy) is 1. The first-order chi connectivity index (χ1) is 8.47. The number of halogens is 2. The maximum absolute atomic E-state index is 11.3. The molecule has 0 radical (unpaired) electrons. The van der Waals surface area contributed by atoms with Gasteiger partial charge in [0, 0.05) is 21.4 Å². The minimum absolute atomic E-state index is 0.0465. The lowest BCUT2D eigenvalue weighted by atomic mass is 10.3. The molecule has 1 heterocycles. The lowest BCUT2D eigenvalue weighted by Gasteiger charge is -2.07. The molecule has 0 bridgehead atoms. The second-order valence-electron chi connectivity index (χ2n) is 3.30. The number of hydrogen-bond donors (Lipinski definition) is 0. The van der Waals surface area contributed by atoms with Crippen LogP contribution in [0.25, 0.3) is 0 Å². The van der Waals surface area contributed by atoms with Crippen molar-refractivity contribution in [2.45, 2.75) is 4.90 Å². The SMILES string of the molecule is O=S(=O)(Cl)c1cccnc1Oc1ccc(Br)cc1. The van der Waals surface area contributed by atoms with Crippen LogP contribution in [0.5, 0.6) is 11.6 Å². The summed E-state index contributed by atoms with van der Waals surface area (Å²) in [6.45, 7) is 0. The van der Waals surface area contributed by atoms with Crippen molar-refractivity contribution in [2.75, 3.05) is 0 Å². The molecule has 4 nitrogen and oxygen atoms in total. The third kappa shape index (κ3) is 3.22. The topological polar surface area (TPSA) is 56.3 Å². The first-order valence-corrected chi connectivity index (χ1v) is 7.90. The van der Waals surface area contributed by atoms with E-state index in [-0.39, 0.29) is 10.8 Å². The number of rotatable bonds is 3. The maximum atomic E-state index is 11.3. The van der Waals surface area contributed by atoms with E-state index in [1.54, 1.807) is 24.3 Å². The number of hydrogen-bond acceptors (Lipinski definition) is 4. The number of aromatic nitrogens is 1. The van der Waals surface area contributed by atoms with E-state index in [1.165, 1.54) is 18.3 Å². The van der Waals surface area contributed by atoms with E-state index < -0.39 is 9.05 Å². The predicted molar refractivity (Wildman–Crippen MR) is 71.5 cm³/mol. The molecule has 0 saturated carbocycles. The predicted octanol–water partition coefficient (Wildman–Crippen LogP) is 3.56. The zero-order chi connectivity index (χ0) is 13.2. The van der Waals surface area contributed by atoms with Gasteiger partial charge in [0.15, 0.2) is 0 Å². The van der Waals surface area contributed by atoms with Crippen LogP contribution in [0.3, 0.4) is 0 Å². The zero-order valence-electron chi connectivity index (χ0n) is 8.88. The maximum Gasteiger partial charge on any atom is 0.266 e. The smallest absolute Gasteiger partial charge is 0.266 e. The van der Waals surface area contributed by atoms with Crippen molar-refractivity contribution < 1.29 is 13.2 Å². The summed E-state index contributed by atoms with van der Waals surface area (Å²) < 4.78 is 29.0. The Morgan fingerprint density at radius 2 is 1.83 bits per heavy atom. The molecule has 1 aromatic carbocycles. The van der Waals surface area contributed by atoms with Gasteiger partial charge in [-0.3, -0.25) is 0 Å². The summed E-state index contributed by atoms with van der Waals surface area (Å²) in [7, 11) is 1.41. The van der Waals surface area contributed by atoms with Crippen LogP contribution in [0, 0.1) is 0 Å². The summed E-state index contributed by atoms with van der Waals surface area (Å²) in [5.74, 6) is 0.424. The summed E-state index contributed by atoms with van der Waals surface area (Å²) in [6.07, 6.45) is 1.43. The molecular formula is C11H7BrClNO3S. The van der Waals surface area contributed by atoms with Crippen molar-refractivity contribution in [3.63, 3.8) is 0 Å². The second kappa shape index (κ2) is 5.26. The van der Waals surface area contributed by atoms with Crippen LogP contribution < -0.4 is 4.74 Å². The van der Waals surface area contributed by atoms with Gasteiger partial charge in [-0.2, -0.15) is 0 Å². The van der Waals surface area contributed by atoms with Crippen molar-refractivity contribution in [2.24, 2.45) is 0 Å². The van der Waals surface area contributed by atoms with Crippen LogP contribution in [0.1, 0.15) is 0 Å². The van der Waals surface area contributed by atoms with E-state index in [1.807, 2.05) is 0 Å². The molecule has 0 aliphatic carbocycles. The van der Waals surface area contributed by atoms with E-state index in [9.17, 15) is 8.42 Å². The van der Waals surface area contributed by atoms with E-state index in [0.29, 0.717) is 5.75 Å². The van der Waals surface area contributed by atoms with Crippen LogP contribution in [-0.4, -0.2) is 13.4 Å². The number of nitrogens with zero attached hydrogens (tertiary/aromatic N) is 1. The van der Waals surface area contributed by atoms with Gasteiger partial charge in [0.25, 0.3) is 9.05 Å². The minimum Gasteiger partial charge on any atom is -0.438 e. The highest BCUT2D eigenvalue weighted by Gasteiger charge is 2.18. The average Bonchev–Trinajstić information content (AvgIpc) is 2.31. The normalized spacial score (nSPS) is 11.2. The van der Waals surface area contributed by atoms with Gasteiger partial charge in [-0.25, -0.2) is 13.4 Å². The Hall–Kier alpha value is -1.11. The van der Waals surface area contributed by atoms with Gasteiger partial charge in [-0.1, -0.05) is 15.9 Å². The fourth-order valence-corrected chi connectivity index (χ4v) is 2.41. The van der Waals surface area contributed by atoms with Crippen LogP contribution in [0.15, 0.2) is 52.0 Å². The van der Waals surface area contributed by atoms with Crippen molar-refractivity contribution in [1.29, 1.82) is 0 Å². The molecule has 94 valence electrons. The fourth-order valence-electron chi connectivity index (χ4n) is 1.25. The van der Waals surface area contributed by atoms with Crippen LogP contribution >= 0.6 is 26.6 Å². The molecule has 2 rings (SSSR count). The van der Waals surface area contributed by atoms with Gasteiger partial charge in [0.05, 0.1) is 0 Å². The van der Waals surface area contributed by atoms with Gasteiger partial charge in [-0.05, 0) is 36.4 Å². The third-order valence-electron chi connectivity index (χ3n) is 2.03. The molecule has 0 amide bonds. The Morgan fingerprint density at radius 3 is 2.44 bits per heavy atom. The number of benzene rings is 1. The third-order valence-corrected chi connectivity index (χ3v) is 3.89. The van der Waals surface area contributed by atoms with Crippen LogP contribution in [-0.2, 0) is 9.05 Å². The van der Waals surface area contributed by atoms with E-state index in [2.05, 4.69) is 20.9 Å². The van der Waals surface area contributed by atoms with Crippen molar-refractivity contribution in [3.8, 4) is 11.6 Å². The lowest BCUT2D eigenvalue weighted by molar-refractivity contribution is 0.448. The van der Waals surface area contributed by atoms with E-state index in [4.69, 9.17) is 15.4 Å². The number of pyridine rings is 1. The lowest BCUT2D eigenvalue weighted by Crippen LogP contribution is -1.97. The summed E-state index contributed by atoms with van der Waals surface area (Å²) in [6, 6.07) is 9.72. The quantitative estimate of drug-likeness (QED) is 0.796. The summed E-state index contributed by atoms with van der Waals surface area (Å²) >= 11 is 3.29. The zero-order valence-corrected chi connectivity index (χ0v) is 12.0. The highest BCUT2D eigenvalue weighted by Crippen LogP contribution is 2.29. The molecule has 0 unspecified atom stereocenters. The highest BCUT2D eigenvalue weighted by molar-refractivity contribution is 9.10. The molecule has 0 aliphatic rings. The first kappa shape index (κ1) is 13.3. The molecular weight excluding hydrogens is 342 g/mol. The van der Waals surface area contributed by atoms with Gasteiger partial charge >= 0.3 is 0 Å². The molecule has 0 spiro atoms. The molecule has 0 atom stereocenters. The molecule has 0 N–H and O–H groups in total. The van der Waals surface area contributed by atoms with Gasteiger partial charge < -0.3 is 4.74 Å². The molecule has 0 fully saturated rings. The fraction of sp³-hybridized carbons (Fsp3) is 0. The molecule has 0 saturated heterocycles. The molecule has 18 heavy (non-hydrogen) atoms. The molecule has 7 heteroatoms. The van der Waals surface area contributed by atoms with Gasteiger partial charge in [0.2, 0.25) is 5.88 Å². The van der Waals surface area contributed by atoms with E-state index >= 15 is 0 Å². The van der Waals surface area contributed by atoms with Gasteiger partial charge in [-0.15, -0.1) is 0 Å². The largest absolute Gasteiger partial charge is 0.438 e. The summed E-state index contributed by atoms with van der Waals surface area (Å²) in [5, 5.41) is 0. The Bertz CT molecular complexity index is 658. The Labute approximate surface area is 117 Å². The Kier molecular flexibility index (Phi) is 3.89. The van der Waals surface area contributed by atoms with Crippen molar-refractivity contribution in [1.82, 2.24) is 4.98 Å². The Balaban J connectivity index is 2.38. The van der Waals surface area contributed by atoms with Gasteiger partial charge in [0.1, 0.15) is 10.6 Å². The molecule has 0 aliphatic heterocycles. The highest BCUT2D eigenvalue weighted by atomic mass is 79.9. The molecule has 2 aromatic rings. The first-order valence-electron chi connectivity index (χ1n) is 4.80. The summed E-state index contributed by atoms with van der Waals surface area (Å²) in [4.78, 5) is 3.71. The second-order valence-corrected chi connectivity index (χ2v) is 6.75. The Morgan fingerprint density at radius 1 is 1.17 bits per heavy atom. The standard InChI is InChI=1S/C11H7BrClNO3S/c12-8-3-5-9(6-4-8)17-11-10(18(13,15)16)2-1-7-14-11/h1-7H. The summed E-state index contributed by atoms with van der Waals surface area (Å²) in [5.41, 5.74) is 0. The monoisotopic (exact) mass is 347 g/mol. The van der Waals surface area contributed by atoms with Crippen LogP contribution in [0.4, 0.5) is 0 Å². The van der Waals surface area contributed by atoms with E-state index in [0.717, 1.165) is 4.47 Å². The van der Waals surface area contributed by atoms with Crippen molar-refractivity contribution in [3.05, 3.63) is 47.1 Å².